The molecule has 0 fully saturated rings. The molecule has 0 aliphatic heterocycles. The molecule has 0 atom stereocenters. The normalized spacial score (nSPS) is 3.00. The first-order valence-corrected chi connectivity index (χ1v) is 0.651. The van der Waals surface area contributed by atoms with Gasteiger partial charge in [0, 0.05) is 17.4 Å². The van der Waals surface area contributed by atoms with Crippen LogP contribution < -0.4 is 29.6 Å². The molecule has 0 unspecified atom stereocenters. The second-order valence-corrected chi connectivity index (χ2v) is 0.283. The molecular formula is CH7AlNaO5. The molecule has 6 N–H and O–H groups in total. The monoisotopic (exact) mass is 149 g/mol. The summed E-state index contributed by atoms with van der Waals surface area (Å²) in [7, 11) is 0. The van der Waals surface area contributed by atoms with E-state index in [0.717, 1.165) is 0 Å². The van der Waals surface area contributed by atoms with Crippen molar-refractivity contribution in [1.82, 2.24) is 0 Å². The van der Waals surface area contributed by atoms with E-state index in [2.05, 4.69) is 0 Å². The average molecular weight is 149 g/mol. The van der Waals surface area contributed by atoms with Crippen molar-refractivity contribution in [3.8, 4) is 0 Å². The summed E-state index contributed by atoms with van der Waals surface area (Å²) in [4.78, 5) is 8.56. The Morgan fingerprint density at radius 3 is 1.25 bits per heavy atom. The predicted molar refractivity (Wildman–Crippen MR) is 24.7 cm³/mol. The van der Waals surface area contributed by atoms with Crippen LogP contribution in [0.1, 0.15) is 1.43 Å². The van der Waals surface area contributed by atoms with E-state index in [1.165, 1.54) is 0 Å². The van der Waals surface area contributed by atoms with Gasteiger partial charge in [0.15, 0.2) is 0 Å². The van der Waals surface area contributed by atoms with Crippen molar-refractivity contribution in [3.05, 3.63) is 0 Å². The van der Waals surface area contributed by atoms with Crippen LogP contribution in [0.2, 0.25) is 0 Å². The Balaban J connectivity index is -0.00000000450. The van der Waals surface area contributed by atoms with Gasteiger partial charge in [-0.1, -0.05) is 0 Å². The quantitative estimate of drug-likeness (QED) is 0.336. The van der Waals surface area contributed by atoms with Crippen molar-refractivity contribution in [2.24, 2.45) is 0 Å². The molecule has 0 aliphatic rings. The molecule has 8 heavy (non-hydrogen) atoms. The van der Waals surface area contributed by atoms with Gasteiger partial charge in [-0.15, -0.1) is 0 Å². The molecule has 0 amide bonds. The summed E-state index contributed by atoms with van der Waals surface area (Å²) in [6.07, 6.45) is -1.83. The van der Waals surface area contributed by atoms with Gasteiger partial charge in [0.2, 0.25) is 0 Å². The van der Waals surface area contributed by atoms with Crippen molar-refractivity contribution >= 4 is 23.5 Å². The minimum absolute atomic E-state index is 0. The Morgan fingerprint density at radius 1 is 1.25 bits per heavy atom. The molecule has 0 saturated carbocycles. The van der Waals surface area contributed by atoms with E-state index in [1.54, 1.807) is 0 Å². The smallest absolute Gasteiger partial charge is 1.00 e. The first kappa shape index (κ1) is 37.5. The van der Waals surface area contributed by atoms with Crippen molar-refractivity contribution in [1.29, 1.82) is 0 Å². The molecule has 0 aromatic rings. The molecule has 0 aromatic heterocycles. The first-order chi connectivity index (χ1) is 1.73. The van der Waals surface area contributed by atoms with Crippen LogP contribution in [0.25, 0.3) is 0 Å². The van der Waals surface area contributed by atoms with Gasteiger partial charge in [-0.05, 0) is 0 Å². The molecule has 0 spiro atoms. The summed E-state index contributed by atoms with van der Waals surface area (Å²) in [5.41, 5.74) is 0. The summed E-state index contributed by atoms with van der Waals surface area (Å²) in [5, 5.41) is 13.9. The maximum Gasteiger partial charge on any atom is 1.00 e. The summed E-state index contributed by atoms with van der Waals surface area (Å²) < 4.78 is 0. The Bertz CT molecular complexity index is 39.9. The Morgan fingerprint density at radius 2 is 1.25 bits per heavy atom. The first-order valence-electron chi connectivity index (χ1n) is 0.651. The molecule has 3 radical (unpaired) electrons. The molecule has 0 saturated heterocycles. The zero-order chi connectivity index (χ0) is 3.58. The fourth-order valence-corrected chi connectivity index (χ4v) is 0. The van der Waals surface area contributed by atoms with Crippen molar-refractivity contribution < 1.29 is 56.9 Å². The molecule has 0 aliphatic carbocycles. The van der Waals surface area contributed by atoms with Crippen LogP contribution in [-0.2, 0) is 0 Å². The molecule has 0 heterocycles. The number of hydrogen-bond acceptors (Lipinski definition) is 1. The number of carboxylic acid groups (broad SMARTS) is 2. The van der Waals surface area contributed by atoms with Gasteiger partial charge in [0.25, 0.3) is 0 Å². The van der Waals surface area contributed by atoms with E-state index < -0.39 is 6.16 Å². The van der Waals surface area contributed by atoms with E-state index in [9.17, 15) is 0 Å². The Hall–Kier alpha value is 0.722. The van der Waals surface area contributed by atoms with Crippen LogP contribution >= 0.6 is 0 Å². The third-order valence-electron chi connectivity index (χ3n) is 0. The topological polar surface area (TPSA) is 121 Å². The second-order valence-electron chi connectivity index (χ2n) is 0.283. The van der Waals surface area contributed by atoms with Crippen molar-refractivity contribution in [3.63, 3.8) is 0 Å². The average Bonchev–Trinajstić information content (AvgIpc) is 0.811. The fourth-order valence-electron chi connectivity index (χ4n) is 0. The van der Waals surface area contributed by atoms with E-state index in [0.29, 0.717) is 0 Å². The van der Waals surface area contributed by atoms with Gasteiger partial charge in [-0.25, -0.2) is 4.79 Å². The van der Waals surface area contributed by atoms with Crippen LogP contribution in [0.15, 0.2) is 0 Å². The Labute approximate surface area is 80.2 Å². The van der Waals surface area contributed by atoms with E-state index in [-0.39, 0.29) is 59.3 Å². The SMILES string of the molecule is O.O.O=C(O)O.[Al].[H-].[Na+]. The van der Waals surface area contributed by atoms with Crippen LogP contribution in [0.3, 0.4) is 0 Å². The molecule has 5 nitrogen and oxygen atoms in total. The standard InChI is InChI=1S/CH2O3.Al.Na.2H2O.H/c2-1(3)4;;;;;/h(H2,2,3,4);;;2*1H2;/q;;+1;;;-1. The van der Waals surface area contributed by atoms with E-state index in [4.69, 9.17) is 15.0 Å². The minimum atomic E-state index is -1.83. The summed E-state index contributed by atoms with van der Waals surface area (Å²) in [5.74, 6) is 0. The zero-order valence-corrected chi connectivity index (χ0v) is 7.53. The Kier molecular flexibility index (Phi) is 118. The van der Waals surface area contributed by atoms with E-state index >= 15 is 0 Å². The molecule has 45 valence electrons. The van der Waals surface area contributed by atoms with Gasteiger partial charge in [0.1, 0.15) is 0 Å². The molecular weight excluding hydrogens is 142 g/mol. The van der Waals surface area contributed by atoms with Crippen molar-refractivity contribution in [2.45, 2.75) is 0 Å². The third-order valence-corrected chi connectivity index (χ3v) is 0. The maximum absolute atomic E-state index is 8.56. The largest absolute Gasteiger partial charge is 1.00 e. The minimum Gasteiger partial charge on any atom is -1.00 e. The number of rotatable bonds is 0. The number of hydrogen-bond donors (Lipinski definition) is 2. The molecule has 0 rings (SSSR count). The van der Waals surface area contributed by atoms with E-state index in [1.807, 2.05) is 0 Å². The van der Waals surface area contributed by atoms with Gasteiger partial charge in [0.05, 0.1) is 0 Å². The predicted octanol–water partition coefficient (Wildman–Crippen LogP) is -4.69. The molecule has 0 aromatic carbocycles. The van der Waals surface area contributed by atoms with Gasteiger partial charge < -0.3 is 22.6 Å². The number of carbonyl (C=O) groups is 1. The van der Waals surface area contributed by atoms with Crippen LogP contribution in [0.4, 0.5) is 4.79 Å². The fraction of sp³-hybridized carbons (Fsp3) is 0. The van der Waals surface area contributed by atoms with Crippen LogP contribution in [0.5, 0.6) is 0 Å². The molecule has 7 heteroatoms. The van der Waals surface area contributed by atoms with Crippen molar-refractivity contribution in [2.75, 3.05) is 0 Å². The summed E-state index contributed by atoms with van der Waals surface area (Å²) in [6.45, 7) is 0. The third kappa shape index (κ3) is 422. The van der Waals surface area contributed by atoms with Gasteiger partial charge in [-0.3, -0.25) is 0 Å². The zero-order valence-electron chi connectivity index (χ0n) is 5.38. The van der Waals surface area contributed by atoms with Gasteiger partial charge in [-0.2, -0.15) is 0 Å². The van der Waals surface area contributed by atoms with Gasteiger partial charge >= 0.3 is 35.7 Å². The molecule has 0 bridgehead atoms. The van der Waals surface area contributed by atoms with Crippen LogP contribution in [0, 0.1) is 0 Å². The summed E-state index contributed by atoms with van der Waals surface area (Å²) in [6, 6.07) is 0. The van der Waals surface area contributed by atoms with Crippen LogP contribution in [-0.4, -0.2) is 44.7 Å². The maximum atomic E-state index is 8.56. The summed E-state index contributed by atoms with van der Waals surface area (Å²) >= 11 is 0. The second kappa shape index (κ2) is 25.2.